The molecule has 2 aliphatic heterocycles. The highest BCUT2D eigenvalue weighted by Gasteiger charge is 2.25. The van der Waals surface area contributed by atoms with Gasteiger partial charge in [-0.1, -0.05) is 18.2 Å². The molecule has 0 saturated carbocycles. The van der Waals surface area contributed by atoms with Gasteiger partial charge < -0.3 is 25.8 Å². The molecular weight excluding hydrogens is 370 g/mol. The van der Waals surface area contributed by atoms with Gasteiger partial charge in [-0.25, -0.2) is 4.79 Å². The van der Waals surface area contributed by atoms with Crippen LogP contribution in [0.15, 0.2) is 24.3 Å². The van der Waals surface area contributed by atoms with E-state index in [1.54, 1.807) is 11.0 Å². The van der Waals surface area contributed by atoms with Gasteiger partial charge in [-0.15, -0.1) is 0 Å². The monoisotopic (exact) mass is 393 g/mol. The van der Waals surface area contributed by atoms with Crippen molar-refractivity contribution in [3.8, 4) is 0 Å². The number of carbonyl (C=O) groups is 3. The number of nitrogens with zero attached hydrogens (tertiary/aromatic N) is 1. The van der Waals surface area contributed by atoms with Crippen molar-refractivity contribution in [2.45, 2.75) is 13.8 Å². The molecule has 29 heavy (non-hydrogen) atoms. The lowest BCUT2D eigenvalue weighted by atomic mass is 10.0. The second kappa shape index (κ2) is 7.46. The van der Waals surface area contributed by atoms with Crippen LogP contribution in [0.5, 0.6) is 0 Å². The molecule has 3 heterocycles. The number of benzene rings is 1. The first-order chi connectivity index (χ1) is 14.0. The van der Waals surface area contributed by atoms with E-state index in [0.717, 1.165) is 28.2 Å². The zero-order valence-electron chi connectivity index (χ0n) is 16.4. The van der Waals surface area contributed by atoms with Crippen LogP contribution >= 0.6 is 0 Å². The van der Waals surface area contributed by atoms with E-state index in [9.17, 15) is 14.4 Å². The minimum absolute atomic E-state index is 0.0997. The Morgan fingerprint density at radius 3 is 2.79 bits per heavy atom. The van der Waals surface area contributed by atoms with E-state index in [0.29, 0.717) is 37.3 Å². The number of rotatable bonds is 5. The molecule has 1 saturated heterocycles. The molecule has 0 radical (unpaired) electrons. The third kappa shape index (κ3) is 3.49. The molecule has 0 spiro atoms. The molecule has 0 aliphatic carbocycles. The second-order valence-corrected chi connectivity index (χ2v) is 7.20. The van der Waals surface area contributed by atoms with Crippen molar-refractivity contribution in [3.05, 3.63) is 52.3 Å². The number of fused-ring (bicyclic) bond motifs is 1. The number of urea groups is 1. The Hall–Kier alpha value is -3.55. The van der Waals surface area contributed by atoms with Gasteiger partial charge >= 0.3 is 6.03 Å². The number of amides is 4. The molecule has 0 atom stereocenters. The smallest absolute Gasteiger partial charge is 0.317 e. The molecule has 1 fully saturated rings. The predicted octanol–water partition coefficient (Wildman–Crippen LogP) is 1.88. The van der Waals surface area contributed by atoms with Crippen LogP contribution in [0.4, 0.5) is 10.5 Å². The Morgan fingerprint density at radius 1 is 1.24 bits per heavy atom. The first-order valence-electron chi connectivity index (χ1n) is 9.58. The van der Waals surface area contributed by atoms with Crippen molar-refractivity contribution in [2.75, 3.05) is 31.5 Å². The van der Waals surface area contributed by atoms with Gasteiger partial charge in [0.1, 0.15) is 0 Å². The number of para-hydroxylation sites is 1. The van der Waals surface area contributed by atoms with Crippen LogP contribution < -0.4 is 16.0 Å². The van der Waals surface area contributed by atoms with Crippen molar-refractivity contribution in [1.29, 1.82) is 0 Å². The van der Waals surface area contributed by atoms with E-state index in [-0.39, 0.29) is 17.8 Å². The lowest BCUT2D eigenvalue weighted by Crippen LogP contribution is -2.37. The summed E-state index contributed by atoms with van der Waals surface area (Å²) in [5, 5.41) is 8.47. The fourth-order valence-electron chi connectivity index (χ4n) is 3.80. The van der Waals surface area contributed by atoms with E-state index in [2.05, 4.69) is 20.9 Å². The minimum Gasteiger partial charge on any atom is -0.358 e. The Labute approximate surface area is 168 Å². The van der Waals surface area contributed by atoms with Crippen molar-refractivity contribution < 1.29 is 14.4 Å². The zero-order chi connectivity index (χ0) is 20.5. The maximum Gasteiger partial charge on any atom is 0.317 e. The summed E-state index contributed by atoms with van der Waals surface area (Å²) >= 11 is 0. The SMILES string of the molecule is Cc1[nH]c(C=C2C(=O)Nc3ccccc32)c(C)c1C(=O)NCCN1CCNC1=O. The van der Waals surface area contributed by atoms with Crippen LogP contribution in [0.1, 0.15) is 32.9 Å². The fraction of sp³-hybridized carbons (Fsp3) is 0.286. The van der Waals surface area contributed by atoms with Gasteiger partial charge in [0.2, 0.25) is 0 Å². The van der Waals surface area contributed by atoms with Crippen LogP contribution in [0.3, 0.4) is 0 Å². The highest BCUT2D eigenvalue weighted by Crippen LogP contribution is 2.33. The number of H-pyrrole nitrogens is 1. The van der Waals surface area contributed by atoms with Crippen molar-refractivity contribution in [2.24, 2.45) is 0 Å². The molecule has 2 aromatic rings. The van der Waals surface area contributed by atoms with Crippen molar-refractivity contribution in [3.63, 3.8) is 0 Å². The number of aromatic nitrogens is 1. The third-order valence-corrected chi connectivity index (χ3v) is 5.31. The van der Waals surface area contributed by atoms with Gasteiger partial charge in [0.25, 0.3) is 11.8 Å². The molecule has 4 rings (SSSR count). The summed E-state index contributed by atoms with van der Waals surface area (Å²) in [7, 11) is 0. The molecule has 4 amide bonds. The maximum atomic E-state index is 12.7. The van der Waals surface area contributed by atoms with Gasteiger partial charge in [-0.3, -0.25) is 9.59 Å². The molecule has 1 aromatic carbocycles. The Bertz CT molecular complexity index is 1040. The van der Waals surface area contributed by atoms with E-state index in [1.165, 1.54) is 0 Å². The maximum absolute atomic E-state index is 12.7. The predicted molar refractivity (Wildman–Crippen MR) is 111 cm³/mol. The standard InChI is InChI=1S/C21H23N5O3/c1-12-17(11-15-14-5-3-4-6-16(14)25-19(15)27)24-13(2)18(12)20(28)22-7-9-26-10-8-23-21(26)29/h3-6,11,24H,7-10H2,1-2H3,(H,22,28)(H,23,29)(H,25,27). The van der Waals surface area contributed by atoms with Crippen LogP contribution in [-0.2, 0) is 4.79 Å². The number of aryl methyl sites for hydroxylation is 1. The van der Waals surface area contributed by atoms with E-state index >= 15 is 0 Å². The van der Waals surface area contributed by atoms with Gasteiger partial charge in [0.15, 0.2) is 0 Å². The van der Waals surface area contributed by atoms with E-state index in [1.807, 2.05) is 38.1 Å². The van der Waals surface area contributed by atoms with Gasteiger partial charge in [-0.2, -0.15) is 0 Å². The summed E-state index contributed by atoms with van der Waals surface area (Å²) in [6.07, 6.45) is 1.79. The first-order valence-corrected chi connectivity index (χ1v) is 9.58. The van der Waals surface area contributed by atoms with Crippen molar-refractivity contribution in [1.82, 2.24) is 20.5 Å². The van der Waals surface area contributed by atoms with Gasteiger partial charge in [-0.05, 0) is 31.6 Å². The number of hydrogen-bond acceptors (Lipinski definition) is 3. The number of hydrogen-bond donors (Lipinski definition) is 4. The minimum atomic E-state index is -0.197. The molecule has 1 aromatic heterocycles. The quantitative estimate of drug-likeness (QED) is 0.583. The summed E-state index contributed by atoms with van der Waals surface area (Å²) in [5.41, 5.74) is 5.01. The third-order valence-electron chi connectivity index (χ3n) is 5.31. The van der Waals surface area contributed by atoms with Gasteiger partial charge in [0.05, 0.1) is 11.1 Å². The zero-order valence-corrected chi connectivity index (χ0v) is 16.4. The summed E-state index contributed by atoms with van der Waals surface area (Å²) in [6, 6.07) is 7.42. The Balaban J connectivity index is 1.51. The topological polar surface area (TPSA) is 106 Å². The van der Waals surface area contributed by atoms with Crippen molar-refractivity contribution >= 4 is 35.2 Å². The number of nitrogens with one attached hydrogen (secondary N) is 4. The highest BCUT2D eigenvalue weighted by molar-refractivity contribution is 6.34. The fourth-order valence-corrected chi connectivity index (χ4v) is 3.80. The highest BCUT2D eigenvalue weighted by atomic mass is 16.2. The lowest BCUT2D eigenvalue weighted by molar-refractivity contribution is -0.110. The molecule has 0 unspecified atom stereocenters. The second-order valence-electron chi connectivity index (χ2n) is 7.20. The molecule has 4 N–H and O–H groups in total. The summed E-state index contributed by atoms with van der Waals surface area (Å²) in [6.45, 7) is 5.82. The van der Waals surface area contributed by atoms with E-state index in [4.69, 9.17) is 0 Å². The molecule has 8 nitrogen and oxygen atoms in total. The van der Waals surface area contributed by atoms with Crippen LogP contribution in [0.25, 0.3) is 11.6 Å². The Kier molecular flexibility index (Phi) is 4.84. The lowest BCUT2D eigenvalue weighted by Gasteiger charge is -2.14. The normalized spacial score (nSPS) is 16.8. The number of anilines is 1. The molecule has 150 valence electrons. The molecule has 2 aliphatic rings. The Morgan fingerprint density at radius 2 is 2.03 bits per heavy atom. The summed E-state index contributed by atoms with van der Waals surface area (Å²) in [4.78, 5) is 41.5. The molecular formula is C21H23N5O3. The average molecular weight is 393 g/mol. The first kappa shape index (κ1) is 18.8. The molecule has 0 bridgehead atoms. The largest absolute Gasteiger partial charge is 0.358 e. The summed E-state index contributed by atoms with van der Waals surface area (Å²) in [5.74, 6) is -0.357. The average Bonchev–Trinajstić information content (AvgIpc) is 3.32. The number of aromatic amines is 1. The van der Waals surface area contributed by atoms with Crippen LogP contribution in [0, 0.1) is 13.8 Å². The van der Waals surface area contributed by atoms with E-state index < -0.39 is 0 Å². The summed E-state index contributed by atoms with van der Waals surface area (Å²) < 4.78 is 0. The molecule has 8 heteroatoms. The van der Waals surface area contributed by atoms with Gasteiger partial charge in [0, 0.05) is 48.8 Å². The van der Waals surface area contributed by atoms with Crippen LogP contribution in [0.2, 0.25) is 0 Å². The van der Waals surface area contributed by atoms with Crippen LogP contribution in [-0.4, -0.2) is 53.9 Å². The number of carbonyl (C=O) groups excluding carboxylic acids is 3.